The van der Waals surface area contributed by atoms with Crippen LogP contribution in [0, 0.1) is 3.57 Å². The van der Waals surface area contributed by atoms with E-state index in [9.17, 15) is 0 Å². The van der Waals surface area contributed by atoms with Crippen molar-refractivity contribution in [3.63, 3.8) is 0 Å². The fourth-order valence-electron chi connectivity index (χ4n) is 1.98. The second-order valence-corrected chi connectivity index (χ2v) is 5.88. The molecule has 6 nitrogen and oxygen atoms in total. The van der Waals surface area contributed by atoms with Crippen molar-refractivity contribution in [2.45, 2.75) is 0 Å². The predicted molar refractivity (Wildman–Crippen MR) is 99.2 cm³/mol. The molecule has 2 heterocycles. The second-order valence-electron chi connectivity index (χ2n) is 4.72. The van der Waals surface area contributed by atoms with Crippen LogP contribution in [0.3, 0.4) is 0 Å². The Morgan fingerprint density at radius 3 is 2.35 bits per heavy atom. The van der Waals surface area contributed by atoms with Crippen LogP contribution in [-0.4, -0.2) is 33.3 Å². The Bertz CT molecular complexity index is 751. The van der Waals surface area contributed by atoms with Crippen LogP contribution in [0.4, 0.5) is 11.8 Å². The van der Waals surface area contributed by atoms with E-state index in [4.69, 9.17) is 0 Å². The van der Waals surface area contributed by atoms with E-state index in [1.165, 1.54) is 0 Å². The molecule has 0 saturated carbocycles. The number of nitrogens with zero attached hydrogens (tertiary/aromatic N) is 4. The molecule has 0 aliphatic rings. The Balaban J connectivity index is 1.56. The Hall–Kier alpha value is -2.29. The van der Waals surface area contributed by atoms with Gasteiger partial charge in [-0.15, -0.1) is 10.2 Å². The van der Waals surface area contributed by atoms with Gasteiger partial charge in [0.05, 0.1) is 9.26 Å². The van der Waals surface area contributed by atoms with E-state index >= 15 is 0 Å². The Morgan fingerprint density at radius 2 is 1.61 bits per heavy atom. The second kappa shape index (κ2) is 7.82. The molecule has 0 aliphatic carbocycles. The van der Waals surface area contributed by atoms with Gasteiger partial charge < -0.3 is 10.6 Å². The van der Waals surface area contributed by atoms with Crippen molar-refractivity contribution in [2.75, 3.05) is 23.7 Å². The van der Waals surface area contributed by atoms with Crippen molar-refractivity contribution >= 4 is 34.4 Å². The highest BCUT2D eigenvalue weighted by molar-refractivity contribution is 14.1. The van der Waals surface area contributed by atoms with Gasteiger partial charge in [0.15, 0.2) is 5.82 Å². The molecule has 2 aromatic heterocycles. The first-order valence-electron chi connectivity index (χ1n) is 7.16. The van der Waals surface area contributed by atoms with Crippen LogP contribution in [-0.2, 0) is 0 Å². The smallest absolute Gasteiger partial charge is 0.222 e. The zero-order valence-electron chi connectivity index (χ0n) is 12.3. The molecule has 23 heavy (non-hydrogen) atoms. The number of anilines is 2. The van der Waals surface area contributed by atoms with Gasteiger partial charge in [-0.3, -0.25) is 0 Å². The van der Waals surface area contributed by atoms with Crippen molar-refractivity contribution in [2.24, 2.45) is 0 Å². The van der Waals surface area contributed by atoms with Gasteiger partial charge in [-0.25, -0.2) is 9.97 Å². The van der Waals surface area contributed by atoms with Crippen LogP contribution >= 0.6 is 22.6 Å². The van der Waals surface area contributed by atoms with Crippen LogP contribution in [0.15, 0.2) is 54.9 Å². The lowest BCUT2D eigenvalue weighted by molar-refractivity contribution is 0.976. The maximum Gasteiger partial charge on any atom is 0.222 e. The minimum Gasteiger partial charge on any atom is -0.366 e. The maximum absolute atomic E-state index is 4.28. The highest BCUT2D eigenvalue weighted by Crippen LogP contribution is 2.21. The van der Waals surface area contributed by atoms with Crippen molar-refractivity contribution < 1.29 is 0 Å². The van der Waals surface area contributed by atoms with E-state index in [0.29, 0.717) is 19.0 Å². The first kappa shape index (κ1) is 15.6. The molecule has 0 atom stereocenters. The summed E-state index contributed by atoms with van der Waals surface area (Å²) in [6.07, 6.45) is 3.42. The molecule has 116 valence electrons. The third kappa shape index (κ3) is 4.35. The van der Waals surface area contributed by atoms with E-state index in [0.717, 1.165) is 20.6 Å². The number of hydrogen-bond acceptors (Lipinski definition) is 6. The summed E-state index contributed by atoms with van der Waals surface area (Å²) in [6, 6.07) is 13.8. The van der Waals surface area contributed by atoms with E-state index in [1.54, 1.807) is 18.5 Å². The van der Waals surface area contributed by atoms with Gasteiger partial charge in [-0.05, 0) is 34.7 Å². The summed E-state index contributed by atoms with van der Waals surface area (Å²) in [5, 5.41) is 15.0. The molecule has 0 saturated heterocycles. The quantitative estimate of drug-likeness (QED) is 0.474. The Labute approximate surface area is 147 Å². The van der Waals surface area contributed by atoms with Gasteiger partial charge in [0, 0.05) is 31.0 Å². The van der Waals surface area contributed by atoms with Gasteiger partial charge in [-0.1, -0.05) is 30.3 Å². The zero-order chi connectivity index (χ0) is 15.9. The normalized spacial score (nSPS) is 10.3. The van der Waals surface area contributed by atoms with Crippen molar-refractivity contribution in [1.29, 1.82) is 0 Å². The van der Waals surface area contributed by atoms with E-state index in [-0.39, 0.29) is 0 Å². The molecule has 3 aromatic rings. The monoisotopic (exact) mass is 418 g/mol. The molecule has 0 spiro atoms. The molecule has 3 rings (SSSR count). The third-order valence-corrected chi connectivity index (χ3v) is 3.91. The average Bonchev–Trinajstić information content (AvgIpc) is 2.61. The number of halogens is 1. The molecule has 1 aromatic carbocycles. The van der Waals surface area contributed by atoms with Crippen molar-refractivity contribution in [1.82, 2.24) is 20.2 Å². The van der Waals surface area contributed by atoms with E-state index in [2.05, 4.69) is 53.4 Å². The highest BCUT2D eigenvalue weighted by Gasteiger charge is 2.06. The largest absolute Gasteiger partial charge is 0.366 e. The molecule has 0 amide bonds. The number of aromatic nitrogens is 4. The maximum atomic E-state index is 4.28. The molecule has 0 radical (unpaired) electrons. The Morgan fingerprint density at radius 1 is 0.870 bits per heavy atom. The zero-order valence-corrected chi connectivity index (χ0v) is 14.4. The summed E-state index contributed by atoms with van der Waals surface area (Å²) >= 11 is 2.27. The summed E-state index contributed by atoms with van der Waals surface area (Å²) in [5.41, 5.74) is 1.93. The van der Waals surface area contributed by atoms with Crippen LogP contribution in [0.1, 0.15) is 0 Å². The van der Waals surface area contributed by atoms with E-state index < -0.39 is 0 Å². The lowest BCUT2D eigenvalue weighted by Gasteiger charge is -2.09. The average molecular weight is 418 g/mol. The first-order valence-corrected chi connectivity index (χ1v) is 8.24. The van der Waals surface area contributed by atoms with Crippen molar-refractivity contribution in [3.8, 4) is 11.3 Å². The summed E-state index contributed by atoms with van der Waals surface area (Å²) in [5.74, 6) is 1.40. The van der Waals surface area contributed by atoms with Crippen LogP contribution in [0.5, 0.6) is 0 Å². The molecule has 0 unspecified atom stereocenters. The van der Waals surface area contributed by atoms with Gasteiger partial charge in [0.2, 0.25) is 5.95 Å². The Kier molecular flexibility index (Phi) is 5.30. The highest BCUT2D eigenvalue weighted by atomic mass is 127. The molecule has 0 aliphatic heterocycles. The molecule has 7 heteroatoms. The van der Waals surface area contributed by atoms with Gasteiger partial charge >= 0.3 is 0 Å². The van der Waals surface area contributed by atoms with Gasteiger partial charge in [0.25, 0.3) is 0 Å². The number of nitrogens with one attached hydrogen (secondary N) is 2. The predicted octanol–water partition coefficient (Wildman–Crippen LogP) is 3.06. The summed E-state index contributed by atoms with van der Waals surface area (Å²) in [7, 11) is 0. The molecule has 0 bridgehead atoms. The van der Waals surface area contributed by atoms with Gasteiger partial charge in [-0.2, -0.15) is 0 Å². The van der Waals surface area contributed by atoms with Crippen LogP contribution in [0.2, 0.25) is 0 Å². The molecular weight excluding hydrogens is 403 g/mol. The van der Waals surface area contributed by atoms with Crippen molar-refractivity contribution in [3.05, 3.63) is 58.4 Å². The minimum atomic E-state index is 0.620. The first-order chi connectivity index (χ1) is 11.3. The third-order valence-electron chi connectivity index (χ3n) is 3.08. The topological polar surface area (TPSA) is 75.6 Å². The fourth-order valence-corrected chi connectivity index (χ4v) is 2.58. The van der Waals surface area contributed by atoms with Crippen LogP contribution < -0.4 is 10.6 Å². The summed E-state index contributed by atoms with van der Waals surface area (Å²) in [6.45, 7) is 1.40. The summed E-state index contributed by atoms with van der Waals surface area (Å²) in [4.78, 5) is 8.21. The van der Waals surface area contributed by atoms with Crippen LogP contribution in [0.25, 0.3) is 11.3 Å². The lowest BCUT2D eigenvalue weighted by Crippen LogP contribution is -2.16. The fraction of sp³-hybridized carbons (Fsp3) is 0.125. The number of hydrogen-bond donors (Lipinski definition) is 2. The standard InChI is InChI=1S/C16H15IN6/c17-13-11-14(12-5-2-1-3-6-12)22-23-15(13)18-9-10-21-16-19-7-4-8-20-16/h1-8,11H,9-10H2,(H,18,23)(H,19,20,21). The van der Waals surface area contributed by atoms with Gasteiger partial charge in [0.1, 0.15) is 0 Å². The molecular formula is C16H15IN6. The number of rotatable bonds is 6. The van der Waals surface area contributed by atoms with E-state index in [1.807, 2.05) is 36.4 Å². The number of benzene rings is 1. The molecule has 2 N–H and O–H groups in total. The minimum absolute atomic E-state index is 0.620. The SMILES string of the molecule is Ic1cc(-c2ccccc2)nnc1NCCNc1ncccn1. The summed E-state index contributed by atoms with van der Waals surface area (Å²) < 4.78 is 1.03. The molecule has 0 fully saturated rings. The lowest BCUT2D eigenvalue weighted by atomic mass is 10.1.